The van der Waals surface area contributed by atoms with E-state index in [2.05, 4.69) is 141 Å². The highest BCUT2D eigenvalue weighted by Gasteiger charge is 2.70. The van der Waals surface area contributed by atoms with E-state index in [0.29, 0.717) is 64.7 Å². The Morgan fingerprint density at radius 1 is 0.451 bits per heavy atom. The van der Waals surface area contributed by atoms with E-state index in [0.717, 1.165) is 56.3 Å². The Labute approximate surface area is 545 Å². The summed E-state index contributed by atoms with van der Waals surface area (Å²) in [4.78, 5) is 30.1. The molecule has 0 amide bonds. The summed E-state index contributed by atoms with van der Waals surface area (Å²) in [5.41, 5.74) is 14.0. The van der Waals surface area contributed by atoms with Gasteiger partial charge < -0.3 is 24.0 Å². The Hall–Kier alpha value is -4.64. The SMILES string of the molecule is CN(C)[C@@H]1CCC2=CC3=CC[C@]4(C)[C@@H](CCc5cccnc5)CC[C@H]4[C@@]34CC[C@]2(C1)O4.CN(C)[C@H]1CCC2=CC3=CC[C@]4(C)[C@@H](CCc5cccnc5)CC[C@H]4[C@@]34CC[C@]2(C1)O4.C[C@]12CC=C3C=C4CCC(=O)C[C@]45CC[C@]3(O5)[C@@H]1CC[C@@H]2CCc1cccnc1. The minimum absolute atomic E-state index is 0.00620. The molecule has 3 aromatic rings. The highest BCUT2D eigenvalue weighted by atomic mass is 16.5. The molecule has 15 aliphatic rings. The predicted octanol–water partition coefficient (Wildman–Crippen LogP) is 16.8. The highest BCUT2D eigenvalue weighted by molar-refractivity contribution is 5.82. The molecule has 0 N–H and O–H groups in total. The molecule has 9 heteroatoms. The van der Waals surface area contributed by atoms with Crippen LogP contribution in [0.3, 0.4) is 0 Å². The van der Waals surface area contributed by atoms with Crippen molar-refractivity contribution in [3.8, 4) is 0 Å². The quantitative estimate of drug-likeness (QED) is 0.186. The van der Waals surface area contributed by atoms with Crippen molar-refractivity contribution in [1.29, 1.82) is 0 Å². The molecule has 17 atom stereocenters. The van der Waals surface area contributed by atoms with Gasteiger partial charge in [0.2, 0.25) is 0 Å². The molecule has 6 spiro atoms. The number of pyridine rings is 3. The summed E-state index contributed by atoms with van der Waals surface area (Å²) in [7, 11) is 8.99. The van der Waals surface area contributed by atoms with Gasteiger partial charge >= 0.3 is 0 Å². The van der Waals surface area contributed by atoms with E-state index in [4.69, 9.17) is 14.2 Å². The van der Waals surface area contributed by atoms with Crippen LogP contribution in [-0.4, -0.2) is 104 Å². The van der Waals surface area contributed by atoms with Gasteiger partial charge in [-0.15, -0.1) is 0 Å². The lowest BCUT2D eigenvalue weighted by Crippen LogP contribution is -2.55. The normalized spacial score (nSPS) is 43.0. The third-order valence-corrected chi connectivity index (χ3v) is 29.4. The second-order valence-electron chi connectivity index (χ2n) is 33.7. The number of carbonyl (C=O) groups is 1. The van der Waals surface area contributed by atoms with Crippen molar-refractivity contribution < 1.29 is 19.0 Å². The molecule has 3 saturated heterocycles. The molecule has 6 saturated carbocycles. The number of rotatable bonds is 11. The average molecular weight is 1230 g/mol. The average Bonchev–Trinajstić information content (AvgIpc) is 1.57. The van der Waals surface area contributed by atoms with E-state index < -0.39 is 0 Å². The molecular weight excluding hydrogens is 1120 g/mol. The lowest BCUT2D eigenvalue weighted by atomic mass is 9.58. The molecular formula is C82H107N5O4. The van der Waals surface area contributed by atoms with E-state index in [9.17, 15) is 4.79 Å². The topological polar surface area (TPSA) is 89.9 Å². The van der Waals surface area contributed by atoms with Crippen LogP contribution in [0.25, 0.3) is 0 Å². The van der Waals surface area contributed by atoms with Gasteiger partial charge in [-0.3, -0.25) is 19.7 Å². The molecule has 18 rings (SSSR count). The van der Waals surface area contributed by atoms with Crippen molar-refractivity contribution in [1.82, 2.24) is 24.8 Å². The number of Topliss-reactive ketones (excluding diaryl/α,β-unsaturated/α-hetero) is 1. The van der Waals surface area contributed by atoms with Crippen LogP contribution < -0.4 is 0 Å². The van der Waals surface area contributed by atoms with Crippen LogP contribution in [0.4, 0.5) is 0 Å². The van der Waals surface area contributed by atoms with E-state index in [1.807, 2.05) is 43.2 Å². The van der Waals surface area contributed by atoms with Gasteiger partial charge in [-0.05, 0) is 328 Å². The summed E-state index contributed by atoms with van der Waals surface area (Å²) in [6.45, 7) is 7.72. The fourth-order valence-electron chi connectivity index (χ4n) is 24.3. The van der Waals surface area contributed by atoms with Crippen LogP contribution in [0.5, 0.6) is 0 Å². The predicted molar refractivity (Wildman–Crippen MR) is 362 cm³/mol. The Balaban J connectivity index is 0.000000109. The Kier molecular flexibility index (Phi) is 15.3. The van der Waals surface area contributed by atoms with Crippen molar-refractivity contribution in [2.24, 2.45) is 51.8 Å². The van der Waals surface area contributed by atoms with Crippen molar-refractivity contribution in [3.63, 3.8) is 0 Å². The number of ether oxygens (including phenoxy) is 3. The third-order valence-electron chi connectivity index (χ3n) is 29.4. The number of carbonyl (C=O) groups excluding carboxylic acids is 1. The van der Waals surface area contributed by atoms with E-state index >= 15 is 0 Å². The van der Waals surface area contributed by atoms with E-state index in [1.54, 1.807) is 22.3 Å². The van der Waals surface area contributed by atoms with Gasteiger partial charge in [0, 0.05) is 62.1 Å². The lowest BCUT2D eigenvalue weighted by Gasteiger charge is -2.54. The summed E-state index contributed by atoms with van der Waals surface area (Å²) < 4.78 is 21.8. The van der Waals surface area contributed by atoms with Gasteiger partial charge in [0.1, 0.15) is 5.78 Å². The summed E-state index contributed by atoms with van der Waals surface area (Å²) in [5.74, 6) is 4.65. The lowest BCUT2D eigenvalue weighted by molar-refractivity contribution is -0.148. The van der Waals surface area contributed by atoms with E-state index in [-0.39, 0.29) is 33.6 Å². The molecule has 9 fully saturated rings. The molecule has 0 unspecified atom stereocenters. The maximum absolute atomic E-state index is 12.3. The maximum Gasteiger partial charge on any atom is 0.136 e. The highest BCUT2D eigenvalue weighted by Crippen LogP contribution is 2.72. The molecule has 91 heavy (non-hydrogen) atoms. The van der Waals surface area contributed by atoms with Crippen molar-refractivity contribution in [2.75, 3.05) is 28.2 Å². The van der Waals surface area contributed by atoms with Crippen molar-refractivity contribution in [2.45, 2.75) is 259 Å². The Morgan fingerprint density at radius 2 is 0.813 bits per heavy atom. The van der Waals surface area contributed by atoms with E-state index in [1.165, 1.54) is 169 Å². The number of hydrogen-bond donors (Lipinski definition) is 0. The van der Waals surface area contributed by atoms with Crippen LogP contribution >= 0.6 is 0 Å². The van der Waals surface area contributed by atoms with Crippen LogP contribution in [0.15, 0.2) is 143 Å². The van der Waals surface area contributed by atoms with Gasteiger partial charge in [-0.2, -0.15) is 0 Å². The van der Waals surface area contributed by atoms with Gasteiger partial charge in [-0.1, -0.05) is 75.4 Å². The Bertz CT molecular complexity index is 3330. The maximum atomic E-state index is 12.3. The third kappa shape index (κ3) is 9.77. The second kappa shape index (κ2) is 22.8. The zero-order chi connectivity index (χ0) is 62.2. The molecule has 484 valence electrons. The zero-order valence-corrected chi connectivity index (χ0v) is 56.6. The Morgan fingerprint density at radius 3 is 1.18 bits per heavy atom. The molecule has 9 heterocycles. The number of ketones is 1. The van der Waals surface area contributed by atoms with Crippen LogP contribution in [0.1, 0.15) is 211 Å². The van der Waals surface area contributed by atoms with Crippen molar-refractivity contribution in [3.05, 3.63) is 160 Å². The largest absolute Gasteiger partial charge is 0.359 e. The van der Waals surface area contributed by atoms with Gasteiger partial charge in [0.25, 0.3) is 0 Å². The first-order chi connectivity index (χ1) is 43.9. The molecule has 0 aromatic carbocycles. The first-order valence-electron chi connectivity index (χ1n) is 36.8. The fraction of sp³-hybridized carbons (Fsp3) is 0.659. The number of nitrogens with zero attached hydrogens (tertiary/aromatic N) is 5. The van der Waals surface area contributed by atoms with Crippen molar-refractivity contribution >= 4 is 5.78 Å². The van der Waals surface area contributed by atoms with Crippen LogP contribution in [0, 0.1) is 51.8 Å². The number of aromatic nitrogens is 3. The second-order valence-corrected chi connectivity index (χ2v) is 33.7. The minimum Gasteiger partial charge on any atom is -0.359 e. The van der Waals surface area contributed by atoms with Gasteiger partial charge in [-0.25, -0.2) is 0 Å². The van der Waals surface area contributed by atoms with Crippen LogP contribution in [-0.2, 0) is 38.3 Å². The summed E-state index contributed by atoms with van der Waals surface area (Å²) in [6.07, 6.45) is 62.6. The fourth-order valence-corrected chi connectivity index (χ4v) is 24.3. The van der Waals surface area contributed by atoms with Crippen LogP contribution in [0.2, 0.25) is 0 Å². The van der Waals surface area contributed by atoms with Gasteiger partial charge in [0.15, 0.2) is 0 Å². The first kappa shape index (κ1) is 61.2. The standard InChI is InChI=1S/2C28H38N2O.C26H31NO2/c2*1-26-13-12-23-17-22-8-10-24(30(2)3)18-27(22)14-15-28(23,31-27)25(26)11-9-21(26)7-6-20-5-4-16-29-19-20;1-24-11-10-21-15-20-6-8-22(28)16-25(20)12-13-26(21,29-25)23(24)9-7-19(24)5-4-18-3-2-14-27-17-18/h2*4-5,12,16-17,19,21,24-25H,6-11,13-15,18H2,1-3H3;2-3,10,14-15,17,19,23H,4-9,11-13,16H2,1H3/t21-,24+,25+,26+,27+,28+;21-,24-,25+,26+,27+,28+;19-,23+,24+,25+,26+/m000/s1. The monoisotopic (exact) mass is 1230 g/mol. The summed E-state index contributed by atoms with van der Waals surface area (Å²) in [5, 5.41) is 0. The number of fused-ring (bicyclic) bond motifs is 3. The minimum atomic E-state index is -0.265. The number of allylic oxidation sites excluding steroid dienone is 3. The zero-order valence-electron chi connectivity index (χ0n) is 56.6. The molecule has 3 aromatic heterocycles. The summed E-state index contributed by atoms with van der Waals surface area (Å²) in [6, 6.07) is 14.2. The first-order valence-corrected chi connectivity index (χ1v) is 36.8. The number of aryl methyl sites for hydroxylation is 3. The molecule has 6 bridgehead atoms. The molecule has 0 radical (unpaired) electrons. The van der Waals surface area contributed by atoms with Gasteiger partial charge in [0.05, 0.1) is 33.6 Å². The molecule has 6 aliphatic heterocycles. The number of hydrogen-bond acceptors (Lipinski definition) is 9. The summed E-state index contributed by atoms with van der Waals surface area (Å²) >= 11 is 0. The molecule has 9 aliphatic carbocycles. The smallest absolute Gasteiger partial charge is 0.136 e. The molecule has 9 nitrogen and oxygen atoms in total.